The van der Waals surface area contributed by atoms with Crippen molar-refractivity contribution in [1.29, 1.82) is 0 Å². The number of benzene rings is 2. The Labute approximate surface area is 190 Å². The maximum Gasteiger partial charge on any atom is 0.253 e. The van der Waals surface area contributed by atoms with Crippen LogP contribution >= 0.6 is 11.3 Å². The zero-order valence-electron chi connectivity index (χ0n) is 17.6. The van der Waals surface area contributed by atoms with E-state index < -0.39 is 0 Å². The van der Waals surface area contributed by atoms with Gasteiger partial charge in [0.1, 0.15) is 5.01 Å². The number of carbonyl (C=O) groups excluding carboxylic acids is 1. The summed E-state index contributed by atoms with van der Waals surface area (Å²) < 4.78 is 1.54. The molecule has 7 heteroatoms. The lowest BCUT2D eigenvalue weighted by molar-refractivity contribution is -0.121. The smallest absolute Gasteiger partial charge is 0.253 e. The normalized spacial score (nSPS) is 10.8. The second-order valence-electron chi connectivity index (χ2n) is 7.39. The first kappa shape index (κ1) is 21.6. The summed E-state index contributed by atoms with van der Waals surface area (Å²) in [5.41, 5.74) is 3.53. The van der Waals surface area contributed by atoms with Crippen molar-refractivity contribution in [2.24, 2.45) is 0 Å². The number of thiazole rings is 1. The number of nitrogens with one attached hydrogen (secondary N) is 1. The number of amides is 1. The standard InChI is InChI=1S/C25H24N4O2S/c30-23(26-14-13-21-17-32-25(28-21)20-10-5-2-6-11-20)12-7-15-29-18-27-22(16-24(29)31)19-8-3-1-4-9-19/h1-6,8-11,16-18H,7,12-15H2,(H,26,30). The Morgan fingerprint density at radius 3 is 2.44 bits per heavy atom. The van der Waals surface area contributed by atoms with E-state index in [-0.39, 0.29) is 11.5 Å². The first-order valence-electron chi connectivity index (χ1n) is 10.6. The summed E-state index contributed by atoms with van der Waals surface area (Å²) in [5.74, 6) is -0.0228. The molecule has 0 atom stereocenters. The van der Waals surface area contributed by atoms with Crippen molar-refractivity contribution in [1.82, 2.24) is 19.9 Å². The van der Waals surface area contributed by atoms with Crippen LogP contribution in [0.4, 0.5) is 0 Å². The summed E-state index contributed by atoms with van der Waals surface area (Å²) in [6, 6.07) is 21.2. The molecule has 0 fully saturated rings. The van der Waals surface area contributed by atoms with Crippen LogP contribution in [-0.2, 0) is 17.8 Å². The van der Waals surface area contributed by atoms with Crippen molar-refractivity contribution in [3.8, 4) is 21.8 Å². The predicted octanol–water partition coefficient (Wildman–Crippen LogP) is 4.17. The molecule has 0 aliphatic rings. The molecule has 0 spiro atoms. The highest BCUT2D eigenvalue weighted by molar-refractivity contribution is 7.13. The van der Waals surface area contributed by atoms with Crippen molar-refractivity contribution >= 4 is 17.2 Å². The summed E-state index contributed by atoms with van der Waals surface area (Å²) in [4.78, 5) is 33.5. The van der Waals surface area contributed by atoms with Gasteiger partial charge in [0.25, 0.3) is 5.56 Å². The summed E-state index contributed by atoms with van der Waals surface area (Å²) in [6.07, 6.45) is 3.18. The second kappa shape index (κ2) is 10.6. The Hall–Kier alpha value is -3.58. The Bertz CT molecular complexity index is 1220. The average Bonchev–Trinajstić information content (AvgIpc) is 3.30. The lowest BCUT2D eigenvalue weighted by Crippen LogP contribution is -2.26. The highest BCUT2D eigenvalue weighted by Gasteiger charge is 2.07. The van der Waals surface area contributed by atoms with Crippen LogP contribution in [0.3, 0.4) is 0 Å². The van der Waals surface area contributed by atoms with E-state index in [0.717, 1.165) is 21.8 Å². The second-order valence-corrected chi connectivity index (χ2v) is 8.24. The van der Waals surface area contributed by atoms with Crippen LogP contribution < -0.4 is 10.9 Å². The molecule has 2 aromatic carbocycles. The summed E-state index contributed by atoms with van der Waals surface area (Å²) in [7, 11) is 0. The van der Waals surface area contributed by atoms with E-state index >= 15 is 0 Å². The topological polar surface area (TPSA) is 76.9 Å². The molecule has 4 rings (SSSR count). The molecule has 0 saturated carbocycles. The predicted molar refractivity (Wildman–Crippen MR) is 127 cm³/mol. The van der Waals surface area contributed by atoms with Gasteiger partial charge in [0.05, 0.1) is 17.7 Å². The molecule has 0 aliphatic carbocycles. The minimum atomic E-state index is -0.114. The Morgan fingerprint density at radius 2 is 1.72 bits per heavy atom. The fourth-order valence-electron chi connectivity index (χ4n) is 3.32. The summed E-state index contributed by atoms with van der Waals surface area (Å²) in [5, 5.41) is 5.96. The van der Waals surface area contributed by atoms with Crippen LogP contribution in [0.5, 0.6) is 0 Å². The number of carbonyl (C=O) groups is 1. The largest absolute Gasteiger partial charge is 0.356 e. The van der Waals surface area contributed by atoms with E-state index in [2.05, 4.69) is 15.3 Å². The van der Waals surface area contributed by atoms with Crippen LogP contribution in [0.15, 0.2) is 83.2 Å². The first-order chi connectivity index (χ1) is 15.7. The fourth-order valence-corrected chi connectivity index (χ4v) is 4.18. The Morgan fingerprint density at radius 1 is 1.00 bits per heavy atom. The quantitative estimate of drug-likeness (QED) is 0.420. The molecule has 0 aliphatic heterocycles. The van der Waals surface area contributed by atoms with Crippen LogP contribution in [0.1, 0.15) is 18.5 Å². The third-order valence-corrected chi connectivity index (χ3v) is 5.97. The molecule has 0 radical (unpaired) electrons. The third-order valence-electron chi connectivity index (χ3n) is 5.03. The van der Waals surface area contributed by atoms with Gasteiger partial charge >= 0.3 is 0 Å². The van der Waals surface area contributed by atoms with Gasteiger partial charge in [0, 0.05) is 48.5 Å². The van der Waals surface area contributed by atoms with Crippen LogP contribution in [0, 0.1) is 0 Å². The molecule has 32 heavy (non-hydrogen) atoms. The van der Waals surface area contributed by atoms with Crippen LogP contribution in [0.2, 0.25) is 0 Å². The molecule has 1 N–H and O–H groups in total. The van der Waals surface area contributed by atoms with Gasteiger partial charge in [-0.3, -0.25) is 14.2 Å². The van der Waals surface area contributed by atoms with Gasteiger partial charge in [-0.2, -0.15) is 0 Å². The third kappa shape index (κ3) is 5.76. The SMILES string of the molecule is O=C(CCCn1cnc(-c2ccccc2)cc1=O)NCCc1csc(-c2ccccc2)n1. The van der Waals surface area contributed by atoms with Gasteiger partial charge in [-0.1, -0.05) is 60.7 Å². The molecular weight excluding hydrogens is 420 g/mol. The number of aryl methyl sites for hydroxylation is 1. The Kier molecular flexibility index (Phi) is 7.19. The van der Waals surface area contributed by atoms with Gasteiger partial charge in [0.15, 0.2) is 0 Å². The molecule has 2 heterocycles. The van der Waals surface area contributed by atoms with Gasteiger partial charge in [-0.15, -0.1) is 11.3 Å². The van der Waals surface area contributed by atoms with E-state index in [0.29, 0.717) is 38.0 Å². The Balaban J connectivity index is 1.20. The molecule has 0 unspecified atom stereocenters. The van der Waals surface area contributed by atoms with Crippen molar-refractivity contribution < 1.29 is 4.79 Å². The summed E-state index contributed by atoms with van der Waals surface area (Å²) in [6.45, 7) is 1.00. The van der Waals surface area contributed by atoms with Crippen molar-refractivity contribution in [3.05, 3.63) is 94.5 Å². The fraction of sp³-hybridized carbons (Fsp3) is 0.200. The highest BCUT2D eigenvalue weighted by Crippen LogP contribution is 2.23. The molecule has 1 amide bonds. The average molecular weight is 445 g/mol. The molecular formula is C25H24N4O2S. The van der Waals surface area contributed by atoms with Crippen LogP contribution in [-0.4, -0.2) is 27.0 Å². The maximum atomic E-state index is 12.3. The molecule has 0 saturated heterocycles. The molecule has 0 bridgehead atoms. The number of hydrogen-bond acceptors (Lipinski definition) is 5. The zero-order chi connectivity index (χ0) is 22.2. The van der Waals surface area contributed by atoms with Gasteiger partial charge in [-0.25, -0.2) is 9.97 Å². The number of rotatable bonds is 9. The highest BCUT2D eigenvalue weighted by atomic mass is 32.1. The van der Waals surface area contributed by atoms with Gasteiger partial charge < -0.3 is 5.32 Å². The zero-order valence-corrected chi connectivity index (χ0v) is 18.4. The van der Waals surface area contributed by atoms with E-state index in [1.165, 1.54) is 6.07 Å². The molecule has 4 aromatic rings. The monoisotopic (exact) mass is 444 g/mol. The van der Waals surface area contributed by atoms with Crippen LogP contribution in [0.25, 0.3) is 21.8 Å². The molecule has 6 nitrogen and oxygen atoms in total. The molecule has 2 aromatic heterocycles. The van der Waals surface area contributed by atoms with Gasteiger partial charge in [-0.05, 0) is 6.42 Å². The maximum absolute atomic E-state index is 12.3. The minimum absolute atomic E-state index is 0.0228. The van der Waals surface area contributed by atoms with E-state index in [1.54, 1.807) is 22.2 Å². The van der Waals surface area contributed by atoms with Crippen molar-refractivity contribution in [2.45, 2.75) is 25.8 Å². The first-order valence-corrected chi connectivity index (χ1v) is 11.5. The van der Waals surface area contributed by atoms with Crippen molar-refractivity contribution in [2.75, 3.05) is 6.54 Å². The van der Waals surface area contributed by atoms with E-state index in [4.69, 9.17) is 0 Å². The molecule has 162 valence electrons. The number of aromatic nitrogens is 3. The summed E-state index contributed by atoms with van der Waals surface area (Å²) >= 11 is 1.61. The number of hydrogen-bond donors (Lipinski definition) is 1. The lowest BCUT2D eigenvalue weighted by atomic mass is 10.1. The van der Waals surface area contributed by atoms with E-state index in [1.807, 2.05) is 66.0 Å². The number of nitrogens with zero attached hydrogens (tertiary/aromatic N) is 3. The van der Waals surface area contributed by atoms with Gasteiger partial charge in [0.2, 0.25) is 5.91 Å². The van der Waals surface area contributed by atoms with E-state index in [9.17, 15) is 9.59 Å². The van der Waals surface area contributed by atoms with Crippen molar-refractivity contribution in [3.63, 3.8) is 0 Å². The minimum Gasteiger partial charge on any atom is -0.356 e. The lowest BCUT2D eigenvalue weighted by Gasteiger charge is -2.07.